The third-order valence-electron chi connectivity index (χ3n) is 3.36. The number of hydrogen-bond donors (Lipinski definition) is 2. The summed E-state index contributed by atoms with van der Waals surface area (Å²) in [5.74, 6) is 0.737. The molecule has 1 aromatic heterocycles. The number of rotatable bonds is 1. The number of nitrogens with zero attached hydrogens (tertiary/aromatic N) is 2. The summed E-state index contributed by atoms with van der Waals surface area (Å²) in [6.07, 6.45) is 3.40. The second-order valence-electron chi connectivity index (χ2n) is 4.38. The van der Waals surface area contributed by atoms with Crippen molar-refractivity contribution in [3.63, 3.8) is 0 Å². The molecule has 2 rings (SSSR count). The number of aryl methyl sites for hydroxylation is 1. The van der Waals surface area contributed by atoms with Crippen LogP contribution in [-0.2, 0) is 0 Å². The maximum atomic E-state index is 6.08. The van der Waals surface area contributed by atoms with E-state index in [0.717, 1.165) is 29.8 Å². The van der Waals surface area contributed by atoms with E-state index in [-0.39, 0.29) is 6.04 Å². The highest BCUT2D eigenvalue weighted by Gasteiger charge is 2.28. The van der Waals surface area contributed by atoms with Gasteiger partial charge in [-0.2, -0.15) is 0 Å². The third-order valence-corrected chi connectivity index (χ3v) is 3.36. The van der Waals surface area contributed by atoms with Crippen LogP contribution in [0.4, 0.5) is 5.95 Å². The molecule has 0 radical (unpaired) electrons. The van der Waals surface area contributed by atoms with Crippen molar-refractivity contribution in [3.8, 4) is 0 Å². The molecule has 1 aromatic rings. The van der Waals surface area contributed by atoms with Gasteiger partial charge < -0.3 is 11.5 Å². The first-order valence-corrected chi connectivity index (χ1v) is 5.45. The highest BCUT2D eigenvalue weighted by molar-refractivity contribution is 5.33. The molecule has 0 aliphatic heterocycles. The Labute approximate surface area is 90.1 Å². The number of hydrogen-bond acceptors (Lipinski definition) is 4. The summed E-state index contributed by atoms with van der Waals surface area (Å²) in [6.45, 7) is 4.02. The molecular formula is C11H18N4. The Morgan fingerprint density at radius 3 is 2.53 bits per heavy atom. The first-order valence-electron chi connectivity index (χ1n) is 5.45. The zero-order valence-electron chi connectivity index (χ0n) is 9.33. The van der Waals surface area contributed by atoms with Gasteiger partial charge in [-0.3, -0.25) is 0 Å². The third kappa shape index (κ3) is 1.81. The van der Waals surface area contributed by atoms with Gasteiger partial charge in [-0.05, 0) is 32.3 Å². The molecule has 82 valence electrons. The Kier molecular flexibility index (Phi) is 2.61. The maximum Gasteiger partial charge on any atom is 0.220 e. The molecule has 4 nitrogen and oxygen atoms in total. The molecule has 15 heavy (non-hydrogen) atoms. The molecule has 1 fully saturated rings. The van der Waals surface area contributed by atoms with Gasteiger partial charge in [0.1, 0.15) is 0 Å². The molecule has 2 atom stereocenters. The van der Waals surface area contributed by atoms with Gasteiger partial charge in [-0.1, -0.05) is 6.42 Å². The minimum absolute atomic E-state index is 0.234. The van der Waals surface area contributed by atoms with Crippen LogP contribution >= 0.6 is 0 Å². The van der Waals surface area contributed by atoms with E-state index in [1.807, 2.05) is 6.92 Å². The van der Waals surface area contributed by atoms with E-state index in [0.29, 0.717) is 11.9 Å². The van der Waals surface area contributed by atoms with Crippen LogP contribution in [0, 0.1) is 13.8 Å². The van der Waals surface area contributed by atoms with Crippen LogP contribution in [0.3, 0.4) is 0 Å². The predicted molar refractivity (Wildman–Crippen MR) is 60.5 cm³/mol. The quantitative estimate of drug-likeness (QED) is 0.725. The Morgan fingerprint density at radius 1 is 1.20 bits per heavy atom. The molecule has 2 unspecified atom stereocenters. The molecule has 1 aliphatic rings. The molecule has 4 N–H and O–H groups in total. The van der Waals surface area contributed by atoms with Crippen molar-refractivity contribution in [1.82, 2.24) is 9.97 Å². The Hall–Kier alpha value is -1.16. The van der Waals surface area contributed by atoms with E-state index in [2.05, 4.69) is 16.9 Å². The van der Waals surface area contributed by atoms with E-state index >= 15 is 0 Å². The minimum atomic E-state index is 0.234. The van der Waals surface area contributed by atoms with E-state index in [1.54, 1.807) is 0 Å². The fraction of sp³-hybridized carbons (Fsp3) is 0.636. The lowest BCUT2D eigenvalue weighted by Gasteiger charge is -2.18. The van der Waals surface area contributed by atoms with Crippen molar-refractivity contribution in [3.05, 3.63) is 17.0 Å². The number of anilines is 1. The monoisotopic (exact) mass is 206 g/mol. The second-order valence-corrected chi connectivity index (χ2v) is 4.38. The number of nitrogens with two attached hydrogens (primary N) is 2. The van der Waals surface area contributed by atoms with Crippen LogP contribution in [0.15, 0.2) is 0 Å². The molecule has 1 heterocycles. The molecule has 0 aromatic carbocycles. The van der Waals surface area contributed by atoms with Gasteiger partial charge in [0.15, 0.2) is 0 Å². The van der Waals surface area contributed by atoms with Gasteiger partial charge in [0, 0.05) is 17.7 Å². The van der Waals surface area contributed by atoms with Crippen molar-refractivity contribution < 1.29 is 0 Å². The van der Waals surface area contributed by atoms with Crippen molar-refractivity contribution in [1.29, 1.82) is 0 Å². The van der Waals surface area contributed by atoms with E-state index in [1.165, 1.54) is 6.42 Å². The fourth-order valence-electron chi connectivity index (χ4n) is 2.36. The normalized spacial score (nSPS) is 25.8. The van der Waals surface area contributed by atoms with Crippen molar-refractivity contribution >= 4 is 5.95 Å². The molecule has 0 saturated heterocycles. The van der Waals surface area contributed by atoms with Crippen LogP contribution in [0.1, 0.15) is 42.1 Å². The van der Waals surface area contributed by atoms with Gasteiger partial charge in [0.25, 0.3) is 0 Å². The lowest BCUT2D eigenvalue weighted by atomic mass is 9.95. The zero-order valence-corrected chi connectivity index (χ0v) is 9.33. The van der Waals surface area contributed by atoms with Crippen LogP contribution in [-0.4, -0.2) is 16.0 Å². The molecule has 0 spiro atoms. The molecule has 0 bridgehead atoms. The summed E-state index contributed by atoms with van der Waals surface area (Å²) in [7, 11) is 0. The number of aromatic nitrogens is 2. The predicted octanol–water partition coefficient (Wildman–Crippen LogP) is 1.27. The Bertz CT molecular complexity index is 375. The number of nitrogen functional groups attached to an aromatic ring is 1. The van der Waals surface area contributed by atoms with Crippen molar-refractivity contribution in [2.75, 3.05) is 5.73 Å². The highest BCUT2D eigenvalue weighted by atomic mass is 15.0. The van der Waals surface area contributed by atoms with Crippen LogP contribution < -0.4 is 11.5 Å². The topological polar surface area (TPSA) is 77.8 Å². The summed E-state index contributed by atoms with van der Waals surface area (Å²) in [5, 5.41) is 0. The lowest BCUT2D eigenvalue weighted by Crippen LogP contribution is -2.24. The zero-order chi connectivity index (χ0) is 11.0. The second kappa shape index (κ2) is 3.77. The summed E-state index contributed by atoms with van der Waals surface area (Å²) in [5.41, 5.74) is 14.9. The Morgan fingerprint density at radius 2 is 1.93 bits per heavy atom. The molecular weight excluding hydrogens is 188 g/mol. The van der Waals surface area contributed by atoms with Gasteiger partial charge in [-0.15, -0.1) is 0 Å². The summed E-state index contributed by atoms with van der Waals surface area (Å²) < 4.78 is 0. The van der Waals surface area contributed by atoms with Gasteiger partial charge in [0.05, 0.1) is 5.69 Å². The summed E-state index contributed by atoms with van der Waals surface area (Å²) >= 11 is 0. The van der Waals surface area contributed by atoms with Gasteiger partial charge in [-0.25, -0.2) is 9.97 Å². The first kappa shape index (κ1) is 10.4. The average Bonchev–Trinajstić information content (AvgIpc) is 2.58. The molecule has 4 heteroatoms. The largest absolute Gasteiger partial charge is 0.368 e. The molecule has 1 aliphatic carbocycles. The lowest BCUT2D eigenvalue weighted by molar-refractivity contribution is 0.593. The van der Waals surface area contributed by atoms with Crippen molar-refractivity contribution in [2.45, 2.75) is 45.1 Å². The smallest absolute Gasteiger partial charge is 0.220 e. The molecule has 0 amide bonds. The fourth-order valence-corrected chi connectivity index (χ4v) is 2.36. The SMILES string of the molecule is Cc1nc(N)nc(C2CCCC2N)c1C. The first-order chi connectivity index (χ1) is 7.09. The van der Waals surface area contributed by atoms with E-state index < -0.39 is 0 Å². The standard InChI is InChI=1S/C11H18N4/c1-6-7(2)14-11(13)15-10(6)8-4-3-5-9(8)12/h8-9H,3-5,12H2,1-2H3,(H2,13,14,15). The maximum absolute atomic E-state index is 6.08. The minimum Gasteiger partial charge on any atom is -0.368 e. The summed E-state index contributed by atoms with van der Waals surface area (Å²) in [4.78, 5) is 8.51. The average molecular weight is 206 g/mol. The van der Waals surface area contributed by atoms with Gasteiger partial charge in [0.2, 0.25) is 5.95 Å². The molecule has 1 saturated carbocycles. The van der Waals surface area contributed by atoms with Crippen LogP contribution in [0.2, 0.25) is 0 Å². The van der Waals surface area contributed by atoms with E-state index in [4.69, 9.17) is 11.5 Å². The van der Waals surface area contributed by atoms with Crippen LogP contribution in [0.25, 0.3) is 0 Å². The van der Waals surface area contributed by atoms with E-state index in [9.17, 15) is 0 Å². The van der Waals surface area contributed by atoms with Crippen LogP contribution in [0.5, 0.6) is 0 Å². The van der Waals surface area contributed by atoms with Crippen molar-refractivity contribution in [2.24, 2.45) is 5.73 Å². The summed E-state index contributed by atoms with van der Waals surface area (Å²) in [6, 6.07) is 0.234. The Balaban J connectivity index is 2.42. The van der Waals surface area contributed by atoms with Gasteiger partial charge >= 0.3 is 0 Å². The highest BCUT2D eigenvalue weighted by Crippen LogP contribution is 2.34.